The zero-order valence-electron chi connectivity index (χ0n) is 14.6. The second-order valence-electron chi connectivity index (χ2n) is 5.98. The van der Waals surface area contributed by atoms with E-state index in [-0.39, 0.29) is 0 Å². The second kappa shape index (κ2) is 11.3. The Morgan fingerprint density at radius 3 is 2.17 bits per heavy atom. The number of hydrogen-bond donors (Lipinski definition) is 1. The fourth-order valence-corrected chi connectivity index (χ4v) is 2.12. The molecule has 0 spiro atoms. The van der Waals surface area contributed by atoms with Crippen LogP contribution in [0.25, 0.3) is 0 Å². The molecule has 0 aromatic rings. The van der Waals surface area contributed by atoms with Gasteiger partial charge in [0.05, 0.1) is 0 Å². The summed E-state index contributed by atoms with van der Waals surface area (Å²) in [5, 5.41) is 0. The number of rotatable bonds is 11. The van der Waals surface area contributed by atoms with Gasteiger partial charge in [0.1, 0.15) is 0 Å². The van der Waals surface area contributed by atoms with Gasteiger partial charge in [-0.1, -0.05) is 28.9 Å². The highest BCUT2D eigenvalue weighted by Gasteiger charge is 2.40. The van der Waals surface area contributed by atoms with Crippen LogP contribution in [0.4, 0.5) is 8.78 Å². The molecule has 1 N–H and O–H groups in total. The largest absolute Gasteiger partial charge is 0.694 e. The normalized spacial score (nSPS) is 13.7. The summed E-state index contributed by atoms with van der Waals surface area (Å²) >= 11 is 0. The van der Waals surface area contributed by atoms with Crippen LogP contribution in [0.5, 0.6) is 0 Å². The molecule has 0 aliphatic heterocycles. The van der Waals surface area contributed by atoms with Crippen LogP contribution in [0.2, 0.25) is 0 Å². The van der Waals surface area contributed by atoms with Gasteiger partial charge in [0, 0.05) is 4.57 Å². The number of halogens is 2. The fourth-order valence-electron chi connectivity index (χ4n) is 1.85. The zero-order chi connectivity index (χ0) is 18.8. The van der Waals surface area contributed by atoms with Crippen molar-refractivity contribution in [3.05, 3.63) is 34.9 Å². The van der Waals surface area contributed by atoms with Crippen LogP contribution in [0.15, 0.2) is 34.9 Å². The highest BCUT2D eigenvalue weighted by Crippen LogP contribution is 2.24. The Bertz CT molecular complexity index is 533. The van der Waals surface area contributed by atoms with E-state index in [2.05, 4.69) is 10.6 Å². The molecule has 1 atom stereocenters. The van der Waals surface area contributed by atoms with E-state index in [1.54, 1.807) is 6.92 Å². The van der Waals surface area contributed by atoms with Crippen molar-refractivity contribution in [1.82, 2.24) is 0 Å². The Labute approximate surface area is 143 Å². The number of carbonyl (C=O) groups is 1. The smallest absolute Gasteiger partial charge is 0.288 e. The summed E-state index contributed by atoms with van der Waals surface area (Å²) in [7, 11) is -3.15. The zero-order valence-corrected chi connectivity index (χ0v) is 15.5. The molecule has 0 aromatic heterocycles. The van der Waals surface area contributed by atoms with Gasteiger partial charge in [-0.15, -0.1) is 9.42 Å². The Morgan fingerprint density at radius 1 is 1.08 bits per heavy atom. The molecule has 136 valence electrons. The molecule has 0 fully saturated rings. The summed E-state index contributed by atoms with van der Waals surface area (Å²) in [5.74, 6) is -5.22. The summed E-state index contributed by atoms with van der Waals surface area (Å²) in [4.78, 5) is 19.8. The van der Waals surface area contributed by atoms with Crippen molar-refractivity contribution in [1.29, 1.82) is 0 Å². The topological polar surface area (TPSA) is 63.6 Å². The summed E-state index contributed by atoms with van der Waals surface area (Å²) in [5.41, 5.74) is 3.02. The average molecular weight is 363 g/mol. The van der Waals surface area contributed by atoms with Crippen LogP contribution >= 0.6 is 8.25 Å². The third-order valence-electron chi connectivity index (χ3n) is 3.22. The van der Waals surface area contributed by atoms with Crippen molar-refractivity contribution in [2.75, 3.05) is 6.61 Å². The van der Waals surface area contributed by atoms with Gasteiger partial charge in [-0.05, 0) is 59.5 Å². The first kappa shape index (κ1) is 22.8. The molecule has 0 amide bonds. The van der Waals surface area contributed by atoms with Crippen LogP contribution in [0, 0.1) is 0 Å². The minimum absolute atomic E-state index is 0.497. The van der Waals surface area contributed by atoms with Crippen molar-refractivity contribution in [2.24, 2.45) is 0 Å². The highest BCUT2D eigenvalue weighted by atomic mass is 31.1. The number of hydrogen-bond acceptors (Lipinski definition) is 3. The standard InChI is InChI=1S/C17H25F2O4P/c1-13(2)7-5-8-14(3)9-6-10-15(4)11-16(20)17(18,19)12-23-24(21)22/h7,9,11H,5-6,8,10,12H2,1-4H3/p+1. The van der Waals surface area contributed by atoms with Crippen LogP contribution < -0.4 is 0 Å². The molecule has 0 saturated carbocycles. The van der Waals surface area contributed by atoms with E-state index in [0.717, 1.165) is 18.9 Å². The van der Waals surface area contributed by atoms with E-state index < -0.39 is 26.6 Å². The molecule has 0 aromatic carbocycles. The number of allylic oxidation sites excluding steroid dienone is 6. The predicted octanol–water partition coefficient (Wildman–Crippen LogP) is 5.28. The lowest BCUT2D eigenvalue weighted by atomic mass is 10.0. The van der Waals surface area contributed by atoms with Gasteiger partial charge in [0.2, 0.25) is 5.78 Å². The first-order valence-electron chi connectivity index (χ1n) is 7.72. The quantitative estimate of drug-likeness (QED) is 0.308. The van der Waals surface area contributed by atoms with Gasteiger partial charge in [-0.2, -0.15) is 8.78 Å². The predicted molar refractivity (Wildman–Crippen MR) is 91.1 cm³/mol. The van der Waals surface area contributed by atoms with Crippen molar-refractivity contribution in [3.63, 3.8) is 0 Å². The summed E-state index contributed by atoms with van der Waals surface area (Å²) < 4.78 is 41.0. The van der Waals surface area contributed by atoms with E-state index in [4.69, 9.17) is 4.89 Å². The molecule has 0 saturated heterocycles. The Kier molecular flexibility index (Phi) is 10.8. The SMILES string of the molecule is CC(C)=CCCC(C)=CCCC(C)=CC(=O)C(F)(F)CO[P+](=O)O. The van der Waals surface area contributed by atoms with Gasteiger partial charge in [-0.25, -0.2) is 0 Å². The third-order valence-corrected chi connectivity index (χ3v) is 3.57. The van der Waals surface area contributed by atoms with Gasteiger partial charge >= 0.3 is 14.2 Å². The van der Waals surface area contributed by atoms with Gasteiger partial charge < -0.3 is 0 Å². The molecule has 0 radical (unpaired) electrons. The molecule has 1 unspecified atom stereocenters. The molecular formula is C17H26F2O4P+. The summed E-state index contributed by atoms with van der Waals surface area (Å²) in [6.45, 7) is 6.32. The molecule has 0 aliphatic rings. The Morgan fingerprint density at radius 2 is 1.62 bits per heavy atom. The molecule has 7 heteroatoms. The number of alkyl halides is 2. The van der Waals surface area contributed by atoms with E-state index in [1.165, 1.54) is 11.1 Å². The van der Waals surface area contributed by atoms with Crippen LogP contribution in [-0.2, 0) is 13.9 Å². The van der Waals surface area contributed by atoms with E-state index in [1.807, 2.05) is 26.8 Å². The first-order chi connectivity index (χ1) is 11.0. The summed E-state index contributed by atoms with van der Waals surface area (Å²) in [6.07, 6.45) is 8.15. The van der Waals surface area contributed by atoms with Gasteiger partial charge in [0.25, 0.3) is 0 Å². The third kappa shape index (κ3) is 11.3. The lowest BCUT2D eigenvalue weighted by Gasteiger charge is -2.09. The number of ketones is 1. The van der Waals surface area contributed by atoms with Crippen LogP contribution in [-0.4, -0.2) is 23.2 Å². The molecule has 0 rings (SSSR count). The maximum Gasteiger partial charge on any atom is 0.694 e. The van der Waals surface area contributed by atoms with Crippen molar-refractivity contribution in [2.45, 2.75) is 59.3 Å². The van der Waals surface area contributed by atoms with Crippen molar-refractivity contribution < 1.29 is 27.6 Å². The lowest BCUT2D eigenvalue weighted by Crippen LogP contribution is -2.32. The molecule has 24 heavy (non-hydrogen) atoms. The fraction of sp³-hybridized carbons (Fsp3) is 0.588. The van der Waals surface area contributed by atoms with E-state index in [9.17, 15) is 18.1 Å². The van der Waals surface area contributed by atoms with Crippen molar-refractivity contribution >= 4 is 14.0 Å². The Balaban J connectivity index is 4.41. The van der Waals surface area contributed by atoms with Gasteiger partial charge in [0.15, 0.2) is 6.61 Å². The highest BCUT2D eigenvalue weighted by molar-refractivity contribution is 7.32. The Hall–Kier alpha value is -1.23. The lowest BCUT2D eigenvalue weighted by molar-refractivity contribution is -0.141. The maximum absolute atomic E-state index is 13.4. The van der Waals surface area contributed by atoms with E-state index >= 15 is 0 Å². The minimum atomic E-state index is -3.80. The molecule has 0 aliphatic carbocycles. The van der Waals surface area contributed by atoms with Crippen molar-refractivity contribution in [3.8, 4) is 0 Å². The second-order valence-corrected chi connectivity index (χ2v) is 6.71. The molecule has 4 nitrogen and oxygen atoms in total. The number of carbonyl (C=O) groups excluding carboxylic acids is 1. The molecule has 0 bridgehead atoms. The summed E-state index contributed by atoms with van der Waals surface area (Å²) in [6, 6.07) is 0. The monoisotopic (exact) mass is 363 g/mol. The van der Waals surface area contributed by atoms with E-state index in [0.29, 0.717) is 18.4 Å². The molecular weight excluding hydrogens is 337 g/mol. The maximum atomic E-state index is 13.4. The van der Waals surface area contributed by atoms with Crippen LogP contribution in [0.1, 0.15) is 53.4 Å². The van der Waals surface area contributed by atoms with Gasteiger partial charge in [-0.3, -0.25) is 4.79 Å². The molecule has 0 heterocycles. The minimum Gasteiger partial charge on any atom is -0.288 e. The van der Waals surface area contributed by atoms with Crippen LogP contribution in [0.3, 0.4) is 0 Å². The first-order valence-corrected chi connectivity index (χ1v) is 8.85. The average Bonchev–Trinajstić information content (AvgIpc) is 2.44.